The van der Waals surface area contributed by atoms with E-state index in [-0.39, 0.29) is 34.2 Å². The molecule has 0 atom stereocenters. The lowest BCUT2D eigenvalue weighted by Crippen LogP contribution is -2.20. The van der Waals surface area contributed by atoms with E-state index >= 15 is 0 Å². The molecular weight excluding hydrogens is 204 g/mol. The molecule has 0 bridgehead atoms. The number of phenolic OH excluding ortho intramolecular Hbond substituents is 1. The van der Waals surface area contributed by atoms with Crippen LogP contribution in [-0.2, 0) is 9.84 Å². The second kappa shape index (κ2) is 2.81. The summed E-state index contributed by atoms with van der Waals surface area (Å²) < 4.78 is 23.0. The quantitative estimate of drug-likeness (QED) is 0.689. The van der Waals surface area contributed by atoms with Crippen molar-refractivity contribution in [3.05, 3.63) is 23.8 Å². The average Bonchev–Trinajstić information content (AvgIpc) is 2.12. The molecule has 74 valence electrons. The van der Waals surface area contributed by atoms with Crippen molar-refractivity contribution in [1.29, 1.82) is 0 Å². The third-order valence-electron chi connectivity index (χ3n) is 2.20. The first-order valence-corrected chi connectivity index (χ1v) is 5.75. The minimum atomic E-state index is -3.32. The zero-order valence-corrected chi connectivity index (χ0v) is 8.04. The number of hydrogen-bond acceptors (Lipinski definition) is 4. The SMILES string of the molecule is O=C1CCS(=O)(=O)c2ccc(O)cc21. The molecule has 0 aromatic heterocycles. The molecule has 14 heavy (non-hydrogen) atoms. The van der Waals surface area contributed by atoms with Crippen LogP contribution in [0.15, 0.2) is 23.1 Å². The molecule has 0 saturated heterocycles. The van der Waals surface area contributed by atoms with Crippen molar-refractivity contribution in [2.24, 2.45) is 0 Å². The van der Waals surface area contributed by atoms with Gasteiger partial charge in [0.25, 0.3) is 0 Å². The predicted molar refractivity (Wildman–Crippen MR) is 49.1 cm³/mol. The Bertz CT molecular complexity index is 502. The van der Waals surface area contributed by atoms with Crippen LogP contribution in [-0.4, -0.2) is 25.1 Å². The van der Waals surface area contributed by atoms with Gasteiger partial charge in [-0.15, -0.1) is 0 Å². The number of Topliss-reactive ketones (excluding diaryl/α,β-unsaturated/α-hetero) is 1. The Kier molecular flexibility index (Phi) is 1.85. The highest BCUT2D eigenvalue weighted by atomic mass is 32.2. The van der Waals surface area contributed by atoms with Gasteiger partial charge in [-0.1, -0.05) is 0 Å². The topological polar surface area (TPSA) is 71.4 Å². The first-order valence-electron chi connectivity index (χ1n) is 4.10. The summed E-state index contributed by atoms with van der Waals surface area (Å²) in [4.78, 5) is 11.4. The average molecular weight is 212 g/mol. The van der Waals surface area contributed by atoms with Crippen LogP contribution in [0.5, 0.6) is 5.75 Å². The molecule has 0 unspecified atom stereocenters. The van der Waals surface area contributed by atoms with Gasteiger partial charge in [0.2, 0.25) is 0 Å². The van der Waals surface area contributed by atoms with E-state index in [1.54, 1.807) is 0 Å². The maximum absolute atomic E-state index is 11.5. The van der Waals surface area contributed by atoms with Gasteiger partial charge in [0.1, 0.15) is 5.75 Å². The summed E-state index contributed by atoms with van der Waals surface area (Å²) in [7, 11) is -3.32. The molecule has 2 rings (SSSR count). The maximum atomic E-state index is 11.5. The van der Waals surface area contributed by atoms with Crippen LogP contribution in [0.2, 0.25) is 0 Å². The van der Waals surface area contributed by atoms with Gasteiger partial charge in [0, 0.05) is 12.0 Å². The Morgan fingerprint density at radius 2 is 2.00 bits per heavy atom. The van der Waals surface area contributed by atoms with Crippen molar-refractivity contribution < 1.29 is 18.3 Å². The van der Waals surface area contributed by atoms with Crippen molar-refractivity contribution in [2.75, 3.05) is 5.75 Å². The van der Waals surface area contributed by atoms with E-state index in [4.69, 9.17) is 5.11 Å². The number of ketones is 1. The molecule has 0 spiro atoms. The number of sulfone groups is 1. The van der Waals surface area contributed by atoms with Gasteiger partial charge in [0.05, 0.1) is 10.6 Å². The highest BCUT2D eigenvalue weighted by Gasteiger charge is 2.28. The van der Waals surface area contributed by atoms with Gasteiger partial charge in [-0.05, 0) is 18.2 Å². The van der Waals surface area contributed by atoms with E-state index in [1.807, 2.05) is 0 Å². The third-order valence-corrected chi connectivity index (χ3v) is 3.96. The molecule has 5 heteroatoms. The fourth-order valence-electron chi connectivity index (χ4n) is 1.48. The number of phenols is 1. The van der Waals surface area contributed by atoms with E-state index in [9.17, 15) is 13.2 Å². The van der Waals surface area contributed by atoms with Crippen molar-refractivity contribution >= 4 is 15.6 Å². The summed E-state index contributed by atoms with van der Waals surface area (Å²) in [5, 5.41) is 9.13. The lowest BCUT2D eigenvalue weighted by atomic mass is 10.1. The molecule has 4 nitrogen and oxygen atoms in total. The largest absolute Gasteiger partial charge is 0.508 e. The van der Waals surface area contributed by atoms with Gasteiger partial charge in [-0.2, -0.15) is 0 Å². The Morgan fingerprint density at radius 1 is 1.29 bits per heavy atom. The summed E-state index contributed by atoms with van der Waals surface area (Å²) in [5.41, 5.74) is 0.108. The van der Waals surface area contributed by atoms with Crippen LogP contribution in [0.25, 0.3) is 0 Å². The minimum absolute atomic E-state index is 0.00120. The fourth-order valence-corrected chi connectivity index (χ4v) is 2.94. The molecule has 0 aliphatic carbocycles. The highest BCUT2D eigenvalue weighted by Crippen LogP contribution is 2.27. The summed E-state index contributed by atoms with van der Waals surface area (Å²) in [6.07, 6.45) is -0.00120. The Morgan fingerprint density at radius 3 is 2.71 bits per heavy atom. The second-order valence-corrected chi connectivity index (χ2v) is 5.25. The first kappa shape index (κ1) is 9.21. The summed E-state index contributed by atoms with van der Waals surface area (Å²) >= 11 is 0. The normalized spacial score (nSPS) is 19.0. The molecule has 0 saturated carbocycles. The van der Waals surface area contributed by atoms with Crippen LogP contribution >= 0.6 is 0 Å². The van der Waals surface area contributed by atoms with E-state index in [0.29, 0.717) is 0 Å². The number of carbonyl (C=O) groups excluding carboxylic acids is 1. The number of hydrogen-bond donors (Lipinski definition) is 1. The van der Waals surface area contributed by atoms with Crippen LogP contribution < -0.4 is 0 Å². The van der Waals surface area contributed by atoms with Gasteiger partial charge in [-0.3, -0.25) is 4.79 Å². The summed E-state index contributed by atoms with van der Waals surface area (Å²) in [5.74, 6) is -0.455. The molecule has 0 fully saturated rings. The molecule has 1 N–H and O–H groups in total. The summed E-state index contributed by atoms with van der Waals surface area (Å²) in [6, 6.07) is 3.75. The molecule has 0 amide bonds. The molecule has 1 heterocycles. The van der Waals surface area contributed by atoms with Crippen LogP contribution in [0.4, 0.5) is 0 Å². The molecule has 1 aliphatic rings. The Balaban J connectivity index is 2.76. The van der Waals surface area contributed by atoms with Crippen molar-refractivity contribution in [1.82, 2.24) is 0 Å². The van der Waals surface area contributed by atoms with Gasteiger partial charge in [-0.25, -0.2) is 8.42 Å². The summed E-state index contributed by atoms with van der Waals surface area (Å²) in [6.45, 7) is 0. The minimum Gasteiger partial charge on any atom is -0.508 e. The Hall–Kier alpha value is -1.36. The number of rotatable bonds is 0. The van der Waals surface area contributed by atoms with Crippen LogP contribution in [0.1, 0.15) is 16.8 Å². The van der Waals surface area contributed by atoms with E-state index in [1.165, 1.54) is 18.2 Å². The first-order chi connectivity index (χ1) is 6.50. The molecule has 1 aromatic rings. The molecular formula is C9H8O4S. The third kappa shape index (κ3) is 1.29. The predicted octanol–water partition coefficient (Wildman–Crippen LogP) is 0.752. The van der Waals surface area contributed by atoms with E-state index in [2.05, 4.69) is 0 Å². The zero-order chi connectivity index (χ0) is 10.3. The number of carbonyl (C=O) groups is 1. The monoisotopic (exact) mass is 212 g/mol. The van der Waals surface area contributed by atoms with Crippen molar-refractivity contribution in [2.45, 2.75) is 11.3 Å². The van der Waals surface area contributed by atoms with Crippen molar-refractivity contribution in [3.63, 3.8) is 0 Å². The number of aromatic hydroxyl groups is 1. The fraction of sp³-hybridized carbons (Fsp3) is 0.222. The number of fused-ring (bicyclic) bond motifs is 1. The lowest BCUT2D eigenvalue weighted by Gasteiger charge is -2.14. The van der Waals surface area contributed by atoms with E-state index < -0.39 is 9.84 Å². The van der Waals surface area contributed by atoms with Crippen LogP contribution in [0.3, 0.4) is 0 Å². The molecule has 1 aliphatic heterocycles. The highest BCUT2D eigenvalue weighted by molar-refractivity contribution is 7.91. The standard InChI is InChI=1S/C9H8O4S/c10-6-1-2-9-7(5-6)8(11)3-4-14(9,12)13/h1-2,5,10H,3-4H2. The Labute approximate surface area is 81.1 Å². The molecule has 1 aromatic carbocycles. The van der Waals surface area contributed by atoms with Gasteiger partial charge < -0.3 is 5.11 Å². The van der Waals surface area contributed by atoms with Gasteiger partial charge in [0.15, 0.2) is 15.6 Å². The maximum Gasteiger partial charge on any atom is 0.179 e. The van der Waals surface area contributed by atoms with Gasteiger partial charge >= 0.3 is 0 Å². The smallest absolute Gasteiger partial charge is 0.179 e. The van der Waals surface area contributed by atoms with Crippen LogP contribution in [0, 0.1) is 0 Å². The van der Waals surface area contributed by atoms with E-state index in [0.717, 1.165) is 0 Å². The lowest BCUT2D eigenvalue weighted by molar-refractivity contribution is 0.0982. The molecule has 0 radical (unpaired) electrons. The zero-order valence-electron chi connectivity index (χ0n) is 7.23. The number of benzene rings is 1. The van der Waals surface area contributed by atoms with Crippen molar-refractivity contribution in [3.8, 4) is 5.75 Å². The second-order valence-electron chi connectivity index (χ2n) is 3.17.